The first-order chi connectivity index (χ1) is 6.16. The summed E-state index contributed by atoms with van der Waals surface area (Å²) in [6, 6.07) is 0. The molecule has 0 spiro atoms. The number of aliphatic hydroxyl groups is 1. The van der Waals surface area contributed by atoms with Crippen LogP contribution in [0.5, 0.6) is 0 Å². The zero-order chi connectivity index (χ0) is 10.1. The highest BCUT2D eigenvalue weighted by atomic mass is 16.5. The third-order valence-corrected chi connectivity index (χ3v) is 1.65. The SMILES string of the molecule is C=C(C)CCC(O)COCCOC. The van der Waals surface area contributed by atoms with Gasteiger partial charge >= 0.3 is 0 Å². The number of rotatable bonds is 8. The molecule has 0 rings (SSSR count). The molecule has 78 valence electrons. The molecule has 3 nitrogen and oxygen atoms in total. The van der Waals surface area contributed by atoms with Crippen molar-refractivity contribution >= 4 is 0 Å². The van der Waals surface area contributed by atoms with Crippen LogP contribution in [0.15, 0.2) is 12.2 Å². The van der Waals surface area contributed by atoms with Gasteiger partial charge in [-0.05, 0) is 19.8 Å². The fraction of sp³-hybridized carbons (Fsp3) is 0.800. The van der Waals surface area contributed by atoms with Crippen LogP contribution in [-0.4, -0.2) is 38.1 Å². The third kappa shape index (κ3) is 9.53. The fourth-order valence-electron chi connectivity index (χ4n) is 0.858. The number of hydrogen-bond acceptors (Lipinski definition) is 3. The van der Waals surface area contributed by atoms with E-state index in [2.05, 4.69) is 6.58 Å². The molecule has 0 aliphatic rings. The van der Waals surface area contributed by atoms with E-state index in [0.717, 1.165) is 18.4 Å². The smallest absolute Gasteiger partial charge is 0.0776 e. The minimum Gasteiger partial charge on any atom is -0.391 e. The molecule has 1 atom stereocenters. The molecule has 0 heterocycles. The first kappa shape index (κ1) is 12.6. The van der Waals surface area contributed by atoms with Crippen LogP contribution in [0.2, 0.25) is 0 Å². The van der Waals surface area contributed by atoms with Crippen molar-refractivity contribution in [1.82, 2.24) is 0 Å². The van der Waals surface area contributed by atoms with E-state index in [1.807, 2.05) is 6.92 Å². The van der Waals surface area contributed by atoms with Gasteiger partial charge < -0.3 is 14.6 Å². The summed E-state index contributed by atoms with van der Waals surface area (Å²) in [7, 11) is 1.63. The normalized spacial score (nSPS) is 12.8. The maximum Gasteiger partial charge on any atom is 0.0776 e. The average molecular weight is 188 g/mol. The van der Waals surface area contributed by atoms with E-state index in [4.69, 9.17) is 9.47 Å². The Bertz CT molecular complexity index is 134. The van der Waals surface area contributed by atoms with Crippen molar-refractivity contribution in [3.63, 3.8) is 0 Å². The summed E-state index contributed by atoms with van der Waals surface area (Å²) in [5, 5.41) is 9.39. The van der Waals surface area contributed by atoms with Crippen molar-refractivity contribution in [2.24, 2.45) is 0 Å². The summed E-state index contributed by atoms with van der Waals surface area (Å²) in [5.41, 5.74) is 1.09. The molecule has 1 unspecified atom stereocenters. The highest BCUT2D eigenvalue weighted by Gasteiger charge is 2.03. The molecule has 0 aliphatic heterocycles. The third-order valence-electron chi connectivity index (χ3n) is 1.65. The van der Waals surface area contributed by atoms with Crippen molar-refractivity contribution in [3.05, 3.63) is 12.2 Å². The number of hydrogen-bond donors (Lipinski definition) is 1. The molecule has 0 aliphatic carbocycles. The molecular weight excluding hydrogens is 168 g/mol. The number of ether oxygens (including phenoxy) is 2. The summed E-state index contributed by atoms with van der Waals surface area (Å²) in [5.74, 6) is 0. The molecule has 13 heavy (non-hydrogen) atoms. The Labute approximate surface area is 80.4 Å². The van der Waals surface area contributed by atoms with Crippen LogP contribution in [0.4, 0.5) is 0 Å². The fourth-order valence-corrected chi connectivity index (χ4v) is 0.858. The van der Waals surface area contributed by atoms with Crippen molar-refractivity contribution < 1.29 is 14.6 Å². The van der Waals surface area contributed by atoms with Crippen LogP contribution in [0.3, 0.4) is 0 Å². The van der Waals surface area contributed by atoms with E-state index in [1.54, 1.807) is 7.11 Å². The second kappa shape index (κ2) is 8.23. The van der Waals surface area contributed by atoms with Crippen LogP contribution >= 0.6 is 0 Å². The van der Waals surface area contributed by atoms with Crippen LogP contribution in [0.1, 0.15) is 19.8 Å². The van der Waals surface area contributed by atoms with Gasteiger partial charge in [0.25, 0.3) is 0 Å². The standard InChI is InChI=1S/C10H20O3/c1-9(2)4-5-10(11)8-13-7-6-12-3/h10-11H,1,4-8H2,2-3H3. The van der Waals surface area contributed by atoms with Gasteiger partial charge in [0.15, 0.2) is 0 Å². The van der Waals surface area contributed by atoms with E-state index in [9.17, 15) is 5.11 Å². The quantitative estimate of drug-likeness (QED) is 0.462. The van der Waals surface area contributed by atoms with E-state index in [1.165, 1.54) is 0 Å². The Morgan fingerprint density at radius 3 is 2.69 bits per heavy atom. The summed E-state index contributed by atoms with van der Waals surface area (Å²) < 4.78 is 9.96. The van der Waals surface area contributed by atoms with Gasteiger partial charge in [-0.3, -0.25) is 0 Å². The number of methoxy groups -OCH3 is 1. The molecule has 0 aromatic heterocycles. The number of allylic oxidation sites excluding steroid dienone is 1. The van der Waals surface area contributed by atoms with Crippen molar-refractivity contribution in [2.45, 2.75) is 25.9 Å². The monoisotopic (exact) mass is 188 g/mol. The average Bonchev–Trinajstić information content (AvgIpc) is 2.09. The van der Waals surface area contributed by atoms with E-state index in [-0.39, 0.29) is 6.10 Å². The lowest BCUT2D eigenvalue weighted by Gasteiger charge is -2.10. The predicted octanol–water partition coefficient (Wildman–Crippen LogP) is 1.37. The highest BCUT2D eigenvalue weighted by Crippen LogP contribution is 2.04. The van der Waals surface area contributed by atoms with E-state index >= 15 is 0 Å². The molecule has 0 aromatic carbocycles. The summed E-state index contributed by atoms with van der Waals surface area (Å²) in [6.45, 7) is 7.23. The molecule has 0 aromatic rings. The van der Waals surface area contributed by atoms with Crippen LogP contribution in [0.25, 0.3) is 0 Å². The lowest BCUT2D eigenvalue weighted by Crippen LogP contribution is -2.17. The van der Waals surface area contributed by atoms with E-state index < -0.39 is 0 Å². The maximum atomic E-state index is 9.39. The molecule has 0 amide bonds. The van der Waals surface area contributed by atoms with Gasteiger partial charge in [-0.1, -0.05) is 5.57 Å². The molecule has 0 fully saturated rings. The highest BCUT2D eigenvalue weighted by molar-refractivity contribution is 4.88. The van der Waals surface area contributed by atoms with Gasteiger partial charge in [-0.25, -0.2) is 0 Å². The van der Waals surface area contributed by atoms with Gasteiger partial charge in [0, 0.05) is 7.11 Å². The van der Waals surface area contributed by atoms with Crippen molar-refractivity contribution in [3.8, 4) is 0 Å². The largest absolute Gasteiger partial charge is 0.391 e. The molecule has 0 saturated carbocycles. The maximum absolute atomic E-state index is 9.39. The second-order valence-electron chi connectivity index (χ2n) is 3.22. The minimum atomic E-state index is -0.381. The molecular formula is C10H20O3. The van der Waals surface area contributed by atoms with Crippen LogP contribution in [-0.2, 0) is 9.47 Å². The second-order valence-corrected chi connectivity index (χ2v) is 3.22. The Morgan fingerprint density at radius 1 is 1.46 bits per heavy atom. The zero-order valence-electron chi connectivity index (χ0n) is 8.58. The first-order valence-electron chi connectivity index (χ1n) is 4.56. The van der Waals surface area contributed by atoms with Crippen molar-refractivity contribution in [1.29, 1.82) is 0 Å². The Kier molecular flexibility index (Phi) is 7.99. The lowest BCUT2D eigenvalue weighted by atomic mass is 10.1. The van der Waals surface area contributed by atoms with Crippen LogP contribution < -0.4 is 0 Å². The predicted molar refractivity (Wildman–Crippen MR) is 52.7 cm³/mol. The zero-order valence-corrected chi connectivity index (χ0v) is 8.58. The molecule has 0 saturated heterocycles. The Balaban J connectivity index is 3.19. The van der Waals surface area contributed by atoms with E-state index in [0.29, 0.717) is 19.8 Å². The minimum absolute atomic E-state index is 0.381. The molecule has 0 bridgehead atoms. The summed E-state index contributed by atoms with van der Waals surface area (Å²) in [6.07, 6.45) is 1.20. The van der Waals surface area contributed by atoms with Gasteiger partial charge in [0.05, 0.1) is 25.9 Å². The number of aliphatic hydroxyl groups excluding tert-OH is 1. The first-order valence-corrected chi connectivity index (χ1v) is 4.56. The topological polar surface area (TPSA) is 38.7 Å². The van der Waals surface area contributed by atoms with Crippen molar-refractivity contribution in [2.75, 3.05) is 26.9 Å². The summed E-state index contributed by atoms with van der Waals surface area (Å²) in [4.78, 5) is 0. The van der Waals surface area contributed by atoms with Crippen LogP contribution in [0, 0.1) is 0 Å². The molecule has 3 heteroatoms. The Morgan fingerprint density at radius 2 is 2.15 bits per heavy atom. The van der Waals surface area contributed by atoms with Gasteiger partial charge in [0.1, 0.15) is 0 Å². The summed E-state index contributed by atoms with van der Waals surface area (Å²) >= 11 is 0. The van der Waals surface area contributed by atoms with Gasteiger partial charge in [-0.2, -0.15) is 0 Å². The molecule has 1 N–H and O–H groups in total. The Hall–Kier alpha value is -0.380. The molecule has 0 radical (unpaired) electrons. The van der Waals surface area contributed by atoms with Gasteiger partial charge in [-0.15, -0.1) is 6.58 Å². The van der Waals surface area contributed by atoms with Gasteiger partial charge in [0.2, 0.25) is 0 Å². The lowest BCUT2D eigenvalue weighted by molar-refractivity contribution is 0.0106.